The van der Waals surface area contributed by atoms with E-state index in [1.165, 1.54) is 36.9 Å². The fourth-order valence-electron chi connectivity index (χ4n) is 3.02. The van der Waals surface area contributed by atoms with Gasteiger partial charge in [0, 0.05) is 19.2 Å². The van der Waals surface area contributed by atoms with Crippen molar-refractivity contribution < 1.29 is 4.79 Å². The predicted octanol–water partition coefficient (Wildman–Crippen LogP) is 3.82. The van der Waals surface area contributed by atoms with Crippen LogP contribution in [0.5, 0.6) is 0 Å². The van der Waals surface area contributed by atoms with Gasteiger partial charge in [0.1, 0.15) is 0 Å². The number of rotatable bonds is 4. The average molecular weight is 274 g/mol. The van der Waals surface area contributed by atoms with Gasteiger partial charge in [0.05, 0.1) is 5.69 Å². The fourth-order valence-corrected chi connectivity index (χ4v) is 3.02. The molecule has 0 bridgehead atoms. The molecular weight excluding hydrogens is 248 g/mol. The van der Waals surface area contributed by atoms with Crippen LogP contribution in [-0.4, -0.2) is 15.6 Å². The quantitative estimate of drug-likeness (QED) is 0.836. The Hall–Kier alpha value is -1.38. The van der Waals surface area contributed by atoms with Gasteiger partial charge in [0.15, 0.2) is 5.78 Å². The Kier molecular flexibility index (Phi) is 5.16. The highest BCUT2D eigenvalue weighted by Crippen LogP contribution is 2.20. The van der Waals surface area contributed by atoms with E-state index in [0.29, 0.717) is 12.2 Å². The van der Waals surface area contributed by atoms with E-state index in [-0.39, 0.29) is 0 Å². The van der Waals surface area contributed by atoms with Crippen LogP contribution in [-0.2, 0) is 18.3 Å². The van der Waals surface area contributed by atoms with Crippen molar-refractivity contribution in [2.24, 2.45) is 7.05 Å². The predicted molar refractivity (Wildman–Crippen MR) is 81.8 cm³/mol. The minimum atomic E-state index is 0.342. The van der Waals surface area contributed by atoms with Gasteiger partial charge < -0.3 is 0 Å². The maximum absolute atomic E-state index is 12.4. The molecule has 1 aliphatic rings. The summed E-state index contributed by atoms with van der Waals surface area (Å²) < 4.78 is 1.91. The molecule has 1 aliphatic carbocycles. The largest absolute Gasteiger partial charge is 0.295 e. The van der Waals surface area contributed by atoms with E-state index < -0.39 is 0 Å². The van der Waals surface area contributed by atoms with E-state index in [9.17, 15) is 4.79 Å². The molecule has 0 fully saturated rings. The number of nitrogens with zero attached hydrogens (tertiary/aromatic N) is 2. The zero-order valence-electron chi connectivity index (χ0n) is 13.0. The topological polar surface area (TPSA) is 34.9 Å². The van der Waals surface area contributed by atoms with Crippen molar-refractivity contribution in [3.05, 3.63) is 28.6 Å². The Morgan fingerprint density at radius 2 is 2.00 bits per heavy atom. The summed E-state index contributed by atoms with van der Waals surface area (Å²) in [6.07, 6.45) is 10.7. The highest BCUT2D eigenvalue weighted by Gasteiger charge is 2.14. The van der Waals surface area contributed by atoms with Crippen LogP contribution in [0.25, 0.3) is 0 Å². The zero-order valence-corrected chi connectivity index (χ0v) is 13.0. The second kappa shape index (κ2) is 6.87. The molecule has 0 spiro atoms. The molecule has 0 unspecified atom stereocenters. The maximum Gasteiger partial charge on any atom is 0.158 e. The van der Waals surface area contributed by atoms with Gasteiger partial charge in [-0.1, -0.05) is 18.9 Å². The minimum Gasteiger partial charge on any atom is -0.295 e. The smallest absolute Gasteiger partial charge is 0.158 e. The van der Waals surface area contributed by atoms with Crippen molar-refractivity contribution in [2.45, 2.75) is 65.2 Å². The number of aryl methyl sites for hydroxylation is 2. The van der Waals surface area contributed by atoms with Gasteiger partial charge >= 0.3 is 0 Å². The Bertz CT molecular complexity index is 511. The van der Waals surface area contributed by atoms with Gasteiger partial charge in [-0.05, 0) is 57.1 Å². The van der Waals surface area contributed by atoms with Gasteiger partial charge in [-0.15, -0.1) is 0 Å². The third-order valence-corrected chi connectivity index (χ3v) is 4.41. The number of hydrogen-bond donors (Lipinski definition) is 0. The highest BCUT2D eigenvalue weighted by molar-refractivity contribution is 5.95. The molecule has 0 aliphatic heterocycles. The lowest BCUT2D eigenvalue weighted by Gasteiger charge is -2.10. The Balaban J connectivity index is 1.97. The summed E-state index contributed by atoms with van der Waals surface area (Å²) >= 11 is 0. The van der Waals surface area contributed by atoms with E-state index in [1.54, 1.807) is 0 Å². The van der Waals surface area contributed by atoms with Gasteiger partial charge in [-0.3, -0.25) is 9.48 Å². The van der Waals surface area contributed by atoms with Crippen molar-refractivity contribution in [1.82, 2.24) is 9.78 Å². The number of carbonyl (C=O) groups excluding carboxylic acids is 1. The second-order valence-electron chi connectivity index (χ2n) is 5.88. The average Bonchev–Trinajstić information content (AvgIpc) is 2.60. The van der Waals surface area contributed by atoms with Crippen LogP contribution < -0.4 is 0 Å². The molecule has 0 atom stereocenters. The lowest BCUT2D eigenvalue weighted by atomic mass is 9.94. The summed E-state index contributed by atoms with van der Waals surface area (Å²) in [4.78, 5) is 12.4. The zero-order chi connectivity index (χ0) is 14.5. The van der Waals surface area contributed by atoms with E-state index in [1.807, 2.05) is 18.7 Å². The first kappa shape index (κ1) is 15.0. The molecule has 1 aromatic rings. The minimum absolute atomic E-state index is 0.342. The first-order valence-corrected chi connectivity index (χ1v) is 7.81. The van der Waals surface area contributed by atoms with Crippen LogP contribution in [0.1, 0.15) is 61.9 Å². The Labute approximate surface area is 122 Å². The van der Waals surface area contributed by atoms with Crippen LogP contribution in [0, 0.1) is 13.8 Å². The SMILES string of the molecule is Cc1nn(C)c(C)c1CCC(=O)C1=CCCCCCC1. The lowest BCUT2D eigenvalue weighted by molar-refractivity contribution is -0.115. The maximum atomic E-state index is 12.4. The molecule has 0 saturated heterocycles. The van der Waals surface area contributed by atoms with Crippen LogP contribution >= 0.6 is 0 Å². The van der Waals surface area contributed by atoms with Gasteiger partial charge in [-0.25, -0.2) is 0 Å². The normalized spacial score (nSPS) is 16.4. The molecule has 0 amide bonds. The molecule has 20 heavy (non-hydrogen) atoms. The summed E-state index contributed by atoms with van der Waals surface area (Å²) in [5, 5.41) is 4.42. The summed E-state index contributed by atoms with van der Waals surface area (Å²) in [5.74, 6) is 0.342. The third-order valence-electron chi connectivity index (χ3n) is 4.41. The standard InChI is InChI=1S/C17H26N2O/c1-13-16(14(2)19(3)18-13)11-12-17(20)15-9-7-5-4-6-8-10-15/h9H,4-8,10-12H2,1-3H3. The van der Waals surface area contributed by atoms with E-state index in [2.05, 4.69) is 18.1 Å². The Morgan fingerprint density at radius 1 is 1.25 bits per heavy atom. The molecule has 110 valence electrons. The molecule has 3 heteroatoms. The van der Waals surface area contributed by atoms with E-state index >= 15 is 0 Å². The molecule has 1 aromatic heterocycles. The number of hydrogen-bond acceptors (Lipinski definition) is 2. The molecule has 0 saturated carbocycles. The van der Waals surface area contributed by atoms with E-state index in [0.717, 1.165) is 30.5 Å². The monoisotopic (exact) mass is 274 g/mol. The van der Waals surface area contributed by atoms with Crippen molar-refractivity contribution in [1.29, 1.82) is 0 Å². The third kappa shape index (κ3) is 3.59. The molecule has 0 N–H and O–H groups in total. The van der Waals surface area contributed by atoms with Gasteiger partial charge in [0.2, 0.25) is 0 Å². The summed E-state index contributed by atoms with van der Waals surface area (Å²) in [5.41, 5.74) is 4.56. The van der Waals surface area contributed by atoms with Crippen molar-refractivity contribution >= 4 is 5.78 Å². The molecule has 0 aromatic carbocycles. The summed E-state index contributed by atoms with van der Waals surface area (Å²) in [6.45, 7) is 4.11. The van der Waals surface area contributed by atoms with Crippen LogP contribution in [0.4, 0.5) is 0 Å². The van der Waals surface area contributed by atoms with Gasteiger partial charge in [0.25, 0.3) is 0 Å². The van der Waals surface area contributed by atoms with E-state index in [4.69, 9.17) is 0 Å². The van der Waals surface area contributed by atoms with Crippen LogP contribution in [0.2, 0.25) is 0 Å². The molecule has 3 nitrogen and oxygen atoms in total. The van der Waals surface area contributed by atoms with Crippen molar-refractivity contribution in [3.8, 4) is 0 Å². The number of allylic oxidation sites excluding steroid dienone is 2. The van der Waals surface area contributed by atoms with Crippen LogP contribution in [0.15, 0.2) is 11.6 Å². The molecular formula is C17H26N2O. The number of ketones is 1. The molecule has 2 rings (SSSR count). The van der Waals surface area contributed by atoms with Crippen molar-refractivity contribution in [2.75, 3.05) is 0 Å². The fraction of sp³-hybridized carbons (Fsp3) is 0.647. The summed E-state index contributed by atoms with van der Waals surface area (Å²) in [6, 6.07) is 0. The molecule has 1 heterocycles. The Morgan fingerprint density at radius 3 is 2.70 bits per heavy atom. The highest BCUT2D eigenvalue weighted by atomic mass is 16.1. The number of carbonyl (C=O) groups is 1. The van der Waals surface area contributed by atoms with Crippen molar-refractivity contribution in [3.63, 3.8) is 0 Å². The summed E-state index contributed by atoms with van der Waals surface area (Å²) in [7, 11) is 1.96. The number of aromatic nitrogens is 2. The number of Topliss-reactive ketones (excluding diaryl/α,β-unsaturated/α-hetero) is 1. The lowest BCUT2D eigenvalue weighted by Crippen LogP contribution is -2.07. The van der Waals surface area contributed by atoms with Crippen LogP contribution in [0.3, 0.4) is 0 Å². The first-order valence-electron chi connectivity index (χ1n) is 7.81. The first-order chi connectivity index (χ1) is 9.59. The molecule has 0 radical (unpaired) electrons. The van der Waals surface area contributed by atoms with Gasteiger partial charge in [-0.2, -0.15) is 5.10 Å². The second-order valence-corrected chi connectivity index (χ2v) is 5.88.